The summed E-state index contributed by atoms with van der Waals surface area (Å²) in [6.45, 7) is 4.10. The van der Waals surface area contributed by atoms with Crippen LogP contribution in [0, 0.1) is 5.92 Å². The van der Waals surface area contributed by atoms with Gasteiger partial charge in [-0.15, -0.1) is 0 Å². The molecule has 0 aromatic heterocycles. The molecule has 2 fully saturated rings. The number of nitrogens with zero attached hydrogens (tertiary/aromatic N) is 1. The van der Waals surface area contributed by atoms with Gasteiger partial charge in [0.05, 0.1) is 6.04 Å². The maximum atomic E-state index is 12.9. The summed E-state index contributed by atoms with van der Waals surface area (Å²) in [4.78, 5) is 26.3. The molecule has 1 aromatic rings. The lowest BCUT2D eigenvalue weighted by Gasteiger charge is -2.26. The van der Waals surface area contributed by atoms with Crippen LogP contribution in [0.25, 0.3) is 0 Å². The third-order valence-corrected chi connectivity index (χ3v) is 4.49. The molecule has 2 amide bonds. The van der Waals surface area contributed by atoms with Crippen molar-refractivity contribution in [1.82, 2.24) is 10.2 Å². The van der Waals surface area contributed by atoms with Crippen LogP contribution in [0.2, 0.25) is 0 Å². The summed E-state index contributed by atoms with van der Waals surface area (Å²) >= 11 is 5.03. The average Bonchev–Trinajstić information content (AvgIpc) is 3.11. The normalized spacial score (nSPS) is 26.3. The second-order valence-corrected chi connectivity index (χ2v) is 6.74. The molecular weight excluding hydrogens is 328 g/mol. The summed E-state index contributed by atoms with van der Waals surface area (Å²) < 4.78 is 10.6. The van der Waals surface area contributed by atoms with Gasteiger partial charge in [0.15, 0.2) is 0 Å². The highest BCUT2D eigenvalue weighted by Crippen LogP contribution is 2.24. The molecule has 1 N–H and O–H groups in total. The lowest BCUT2D eigenvalue weighted by atomic mass is 9.98. The van der Waals surface area contributed by atoms with Crippen molar-refractivity contribution in [2.24, 2.45) is 5.92 Å². The maximum Gasteiger partial charge on any atom is 0.417 e. The van der Waals surface area contributed by atoms with Gasteiger partial charge in [0, 0.05) is 0 Å². The van der Waals surface area contributed by atoms with E-state index in [1.165, 1.54) is 4.90 Å². The minimum atomic E-state index is -0.665. The van der Waals surface area contributed by atoms with Crippen molar-refractivity contribution in [3.8, 4) is 0 Å². The summed E-state index contributed by atoms with van der Waals surface area (Å²) in [7, 11) is 0. The molecule has 24 heavy (non-hydrogen) atoms. The van der Waals surface area contributed by atoms with Crippen LogP contribution >= 0.6 is 12.2 Å². The zero-order valence-electron chi connectivity index (χ0n) is 13.6. The minimum absolute atomic E-state index is 0.0816. The zero-order chi connectivity index (χ0) is 17.3. The number of hydrogen-bond donors (Lipinski definition) is 1. The van der Waals surface area contributed by atoms with E-state index in [9.17, 15) is 9.59 Å². The molecule has 6 nitrogen and oxygen atoms in total. The number of ether oxygens (including phenoxy) is 2. The van der Waals surface area contributed by atoms with Crippen molar-refractivity contribution in [2.75, 3.05) is 6.61 Å². The first-order valence-electron chi connectivity index (χ1n) is 7.98. The highest BCUT2D eigenvalue weighted by Gasteiger charge is 2.47. The van der Waals surface area contributed by atoms with E-state index in [1.807, 2.05) is 44.2 Å². The molecule has 0 bridgehead atoms. The summed E-state index contributed by atoms with van der Waals surface area (Å²) in [5.74, 6) is -0.268. The number of rotatable bonds is 4. The molecule has 3 atom stereocenters. The van der Waals surface area contributed by atoms with Crippen molar-refractivity contribution >= 4 is 29.4 Å². The number of carbonyl (C=O) groups excluding carboxylic acids is 2. The van der Waals surface area contributed by atoms with Gasteiger partial charge in [-0.2, -0.15) is 0 Å². The lowest BCUT2D eigenvalue weighted by Crippen LogP contribution is -2.53. The first kappa shape index (κ1) is 16.7. The smallest absolute Gasteiger partial charge is 0.417 e. The summed E-state index contributed by atoms with van der Waals surface area (Å²) in [6, 6.07) is 8.73. The molecule has 0 unspecified atom stereocenters. The van der Waals surface area contributed by atoms with Gasteiger partial charge in [0.2, 0.25) is 0 Å². The van der Waals surface area contributed by atoms with E-state index >= 15 is 0 Å². The number of imide groups is 1. The van der Waals surface area contributed by atoms with Crippen LogP contribution in [0.4, 0.5) is 4.79 Å². The van der Waals surface area contributed by atoms with Gasteiger partial charge in [0.25, 0.3) is 11.1 Å². The van der Waals surface area contributed by atoms with Gasteiger partial charge in [-0.3, -0.25) is 4.79 Å². The van der Waals surface area contributed by atoms with Gasteiger partial charge >= 0.3 is 6.09 Å². The van der Waals surface area contributed by atoms with Gasteiger partial charge < -0.3 is 14.8 Å². The number of carbonyl (C=O) groups is 2. The molecule has 3 rings (SSSR count). The van der Waals surface area contributed by atoms with Crippen LogP contribution in [-0.4, -0.2) is 46.9 Å². The third kappa shape index (κ3) is 3.21. The Bertz CT molecular complexity index is 649. The van der Waals surface area contributed by atoms with Crippen LogP contribution in [0.3, 0.4) is 0 Å². The van der Waals surface area contributed by atoms with Crippen molar-refractivity contribution in [1.29, 1.82) is 0 Å². The van der Waals surface area contributed by atoms with Gasteiger partial charge in [0.1, 0.15) is 18.8 Å². The van der Waals surface area contributed by atoms with Crippen molar-refractivity contribution in [3.63, 3.8) is 0 Å². The second kappa shape index (κ2) is 6.76. The third-order valence-electron chi connectivity index (χ3n) is 4.28. The fraction of sp³-hybridized carbons (Fsp3) is 0.471. The topological polar surface area (TPSA) is 67.9 Å². The van der Waals surface area contributed by atoms with Crippen LogP contribution in [0.5, 0.6) is 0 Å². The molecule has 128 valence electrons. The highest BCUT2D eigenvalue weighted by molar-refractivity contribution is 7.80. The standard InChI is InChI=1S/C17H20N2O4S/c1-10(2)14-13(18-16(24)23-14)15(20)19-12(9-22-17(19)21)8-11-6-4-3-5-7-11/h3-7,10,12-14H,8-9H2,1-2H3,(H,18,24)/t12-,13-,14+/m0/s1. The van der Waals surface area contributed by atoms with Gasteiger partial charge in [-0.05, 0) is 30.1 Å². The van der Waals surface area contributed by atoms with Crippen molar-refractivity contribution in [3.05, 3.63) is 35.9 Å². The predicted molar refractivity (Wildman–Crippen MR) is 91.4 cm³/mol. The minimum Gasteiger partial charge on any atom is -0.465 e. The van der Waals surface area contributed by atoms with E-state index < -0.39 is 18.2 Å². The molecule has 0 aliphatic carbocycles. The Hall–Kier alpha value is -2.15. The highest BCUT2D eigenvalue weighted by atomic mass is 32.1. The fourth-order valence-corrected chi connectivity index (χ4v) is 3.31. The largest absolute Gasteiger partial charge is 0.465 e. The molecule has 0 saturated carbocycles. The first-order valence-corrected chi connectivity index (χ1v) is 8.39. The molecule has 2 saturated heterocycles. The summed E-state index contributed by atoms with van der Waals surface area (Å²) in [5.41, 5.74) is 1.05. The Balaban J connectivity index is 1.78. The van der Waals surface area contributed by atoms with Crippen molar-refractivity contribution < 1.29 is 19.1 Å². The maximum absolute atomic E-state index is 12.9. The van der Waals surface area contributed by atoms with E-state index in [4.69, 9.17) is 21.7 Å². The second-order valence-electron chi connectivity index (χ2n) is 6.36. The number of hydrogen-bond acceptors (Lipinski definition) is 5. The Morgan fingerprint density at radius 3 is 2.75 bits per heavy atom. The molecular formula is C17H20N2O4S. The predicted octanol–water partition coefficient (Wildman–Crippen LogP) is 1.87. The summed E-state index contributed by atoms with van der Waals surface area (Å²) in [6.07, 6.45) is -0.443. The van der Waals surface area contributed by atoms with Gasteiger partial charge in [-0.1, -0.05) is 44.2 Å². The number of thiocarbonyl (C=S) groups is 1. The Kier molecular flexibility index (Phi) is 4.71. The van der Waals surface area contributed by atoms with E-state index in [-0.39, 0.29) is 29.6 Å². The van der Waals surface area contributed by atoms with E-state index in [0.29, 0.717) is 6.42 Å². The zero-order valence-corrected chi connectivity index (χ0v) is 14.4. The molecule has 2 aliphatic heterocycles. The fourth-order valence-electron chi connectivity index (χ4n) is 3.07. The monoisotopic (exact) mass is 348 g/mol. The number of amides is 2. The van der Waals surface area contributed by atoms with Gasteiger partial charge in [-0.25, -0.2) is 9.69 Å². The molecule has 1 aromatic carbocycles. The quantitative estimate of drug-likeness (QED) is 0.838. The molecule has 0 spiro atoms. The molecule has 0 radical (unpaired) electrons. The van der Waals surface area contributed by atoms with E-state index in [0.717, 1.165) is 5.56 Å². The number of nitrogens with one attached hydrogen (secondary N) is 1. The molecule has 2 heterocycles. The van der Waals surface area contributed by atoms with Crippen molar-refractivity contribution in [2.45, 2.75) is 38.5 Å². The SMILES string of the molecule is CC(C)[C@H]1OC(=S)N[C@@H]1C(=O)N1C(=O)OC[C@@H]1Cc1ccccc1. The number of benzene rings is 1. The number of cyclic esters (lactones) is 1. The Labute approximate surface area is 146 Å². The van der Waals surface area contributed by atoms with Crippen LogP contribution in [0.15, 0.2) is 30.3 Å². The van der Waals surface area contributed by atoms with E-state index in [2.05, 4.69) is 5.32 Å². The molecule has 7 heteroatoms. The van der Waals surface area contributed by atoms with Crippen LogP contribution in [0.1, 0.15) is 19.4 Å². The lowest BCUT2D eigenvalue weighted by molar-refractivity contribution is -0.132. The van der Waals surface area contributed by atoms with E-state index in [1.54, 1.807) is 0 Å². The van der Waals surface area contributed by atoms with Crippen LogP contribution in [-0.2, 0) is 20.7 Å². The summed E-state index contributed by atoms with van der Waals surface area (Å²) in [5, 5.41) is 3.07. The molecule has 2 aliphatic rings. The Morgan fingerprint density at radius 1 is 1.38 bits per heavy atom. The Morgan fingerprint density at radius 2 is 2.08 bits per heavy atom. The average molecular weight is 348 g/mol. The van der Waals surface area contributed by atoms with Crippen LogP contribution < -0.4 is 5.32 Å². The first-order chi connectivity index (χ1) is 11.5.